The molecule has 3 heteroatoms. The SMILES string of the molecule is COCCCNc1cccc(Oc2ccccc2)c1. The summed E-state index contributed by atoms with van der Waals surface area (Å²) in [7, 11) is 1.72. The van der Waals surface area contributed by atoms with Gasteiger partial charge < -0.3 is 14.8 Å². The summed E-state index contributed by atoms with van der Waals surface area (Å²) in [4.78, 5) is 0. The van der Waals surface area contributed by atoms with E-state index in [2.05, 4.69) is 5.32 Å². The van der Waals surface area contributed by atoms with E-state index in [-0.39, 0.29) is 0 Å². The standard InChI is InChI=1S/C16H19NO2/c1-18-12-6-11-17-14-7-5-10-16(13-14)19-15-8-3-2-4-9-15/h2-5,7-10,13,17H,6,11-12H2,1H3. The van der Waals surface area contributed by atoms with Crippen molar-refractivity contribution < 1.29 is 9.47 Å². The Kier molecular flexibility index (Phi) is 5.26. The van der Waals surface area contributed by atoms with Crippen LogP contribution in [-0.2, 0) is 4.74 Å². The van der Waals surface area contributed by atoms with Crippen molar-refractivity contribution in [3.63, 3.8) is 0 Å². The molecule has 0 spiro atoms. The van der Waals surface area contributed by atoms with E-state index in [0.29, 0.717) is 0 Å². The predicted molar refractivity (Wildman–Crippen MR) is 77.9 cm³/mol. The van der Waals surface area contributed by atoms with Crippen molar-refractivity contribution in [2.24, 2.45) is 0 Å². The number of methoxy groups -OCH3 is 1. The highest BCUT2D eigenvalue weighted by Crippen LogP contribution is 2.23. The Hall–Kier alpha value is -2.00. The van der Waals surface area contributed by atoms with Crippen LogP contribution in [-0.4, -0.2) is 20.3 Å². The summed E-state index contributed by atoms with van der Waals surface area (Å²) in [6.45, 7) is 1.66. The quantitative estimate of drug-likeness (QED) is 0.762. The molecule has 0 amide bonds. The summed E-state index contributed by atoms with van der Waals surface area (Å²) in [5.41, 5.74) is 1.06. The van der Waals surface area contributed by atoms with Gasteiger partial charge in [0, 0.05) is 32.0 Å². The van der Waals surface area contributed by atoms with E-state index in [1.165, 1.54) is 0 Å². The molecule has 0 fully saturated rings. The Morgan fingerprint density at radius 2 is 1.74 bits per heavy atom. The van der Waals surface area contributed by atoms with Gasteiger partial charge >= 0.3 is 0 Å². The van der Waals surface area contributed by atoms with Crippen LogP contribution in [0, 0.1) is 0 Å². The predicted octanol–water partition coefficient (Wildman–Crippen LogP) is 3.93. The highest BCUT2D eigenvalue weighted by Gasteiger charge is 1.98. The van der Waals surface area contributed by atoms with Gasteiger partial charge in [-0.15, -0.1) is 0 Å². The third-order valence-electron chi connectivity index (χ3n) is 2.67. The molecule has 2 rings (SSSR count). The van der Waals surface area contributed by atoms with Crippen molar-refractivity contribution in [2.45, 2.75) is 6.42 Å². The van der Waals surface area contributed by atoms with E-state index in [0.717, 1.165) is 36.8 Å². The monoisotopic (exact) mass is 257 g/mol. The van der Waals surface area contributed by atoms with Gasteiger partial charge in [0.25, 0.3) is 0 Å². The van der Waals surface area contributed by atoms with Gasteiger partial charge in [0.1, 0.15) is 11.5 Å². The lowest BCUT2D eigenvalue weighted by molar-refractivity contribution is 0.198. The third-order valence-corrected chi connectivity index (χ3v) is 2.67. The molecule has 0 unspecified atom stereocenters. The lowest BCUT2D eigenvalue weighted by Gasteiger charge is -2.09. The Morgan fingerprint density at radius 1 is 0.947 bits per heavy atom. The van der Waals surface area contributed by atoms with Crippen LogP contribution in [0.15, 0.2) is 54.6 Å². The second-order valence-electron chi connectivity index (χ2n) is 4.22. The highest BCUT2D eigenvalue weighted by atomic mass is 16.5. The molecule has 0 bridgehead atoms. The van der Waals surface area contributed by atoms with Crippen LogP contribution < -0.4 is 10.1 Å². The molecule has 3 nitrogen and oxygen atoms in total. The topological polar surface area (TPSA) is 30.5 Å². The molecule has 0 saturated heterocycles. The van der Waals surface area contributed by atoms with Gasteiger partial charge in [-0.3, -0.25) is 0 Å². The molecule has 100 valence electrons. The number of rotatable bonds is 7. The van der Waals surface area contributed by atoms with Gasteiger partial charge in [-0.1, -0.05) is 24.3 Å². The first-order chi connectivity index (χ1) is 9.38. The van der Waals surface area contributed by atoms with Gasteiger partial charge in [0.15, 0.2) is 0 Å². The average molecular weight is 257 g/mol. The molecule has 0 radical (unpaired) electrons. The van der Waals surface area contributed by atoms with Crippen molar-refractivity contribution in [2.75, 3.05) is 25.6 Å². The Bertz CT molecular complexity index is 485. The minimum atomic E-state index is 0.771. The number of para-hydroxylation sites is 1. The summed E-state index contributed by atoms with van der Waals surface area (Å²) in [6, 6.07) is 17.7. The molecule has 0 aliphatic carbocycles. The zero-order chi connectivity index (χ0) is 13.3. The lowest BCUT2D eigenvalue weighted by atomic mass is 10.3. The molecule has 1 N–H and O–H groups in total. The van der Waals surface area contributed by atoms with Crippen molar-refractivity contribution in [3.05, 3.63) is 54.6 Å². The maximum atomic E-state index is 5.78. The average Bonchev–Trinajstić information content (AvgIpc) is 2.45. The van der Waals surface area contributed by atoms with Gasteiger partial charge in [-0.05, 0) is 30.7 Å². The fraction of sp³-hybridized carbons (Fsp3) is 0.250. The van der Waals surface area contributed by atoms with Crippen molar-refractivity contribution in [1.29, 1.82) is 0 Å². The van der Waals surface area contributed by atoms with Crippen LogP contribution in [0.3, 0.4) is 0 Å². The second-order valence-corrected chi connectivity index (χ2v) is 4.22. The Morgan fingerprint density at radius 3 is 2.53 bits per heavy atom. The molecule has 0 aliphatic rings. The minimum Gasteiger partial charge on any atom is -0.457 e. The van der Waals surface area contributed by atoms with Crippen LogP contribution >= 0.6 is 0 Å². The first-order valence-electron chi connectivity index (χ1n) is 6.44. The maximum absolute atomic E-state index is 5.78. The van der Waals surface area contributed by atoms with E-state index in [4.69, 9.17) is 9.47 Å². The first-order valence-corrected chi connectivity index (χ1v) is 6.44. The molecule has 0 atom stereocenters. The maximum Gasteiger partial charge on any atom is 0.129 e. The zero-order valence-electron chi connectivity index (χ0n) is 11.1. The van der Waals surface area contributed by atoms with E-state index in [1.54, 1.807) is 7.11 Å². The highest BCUT2D eigenvalue weighted by molar-refractivity contribution is 5.49. The van der Waals surface area contributed by atoms with Crippen LogP contribution in [0.4, 0.5) is 5.69 Å². The fourth-order valence-electron chi connectivity index (χ4n) is 1.74. The summed E-state index contributed by atoms with van der Waals surface area (Å²) in [6.07, 6.45) is 0.986. The molecule has 19 heavy (non-hydrogen) atoms. The molecule has 2 aromatic rings. The van der Waals surface area contributed by atoms with Gasteiger partial charge in [0.2, 0.25) is 0 Å². The Balaban J connectivity index is 1.91. The van der Waals surface area contributed by atoms with Crippen molar-refractivity contribution in [1.82, 2.24) is 0 Å². The summed E-state index contributed by atoms with van der Waals surface area (Å²) in [5.74, 6) is 1.68. The number of hydrogen-bond donors (Lipinski definition) is 1. The zero-order valence-corrected chi connectivity index (χ0v) is 11.1. The number of anilines is 1. The molecule has 0 saturated carbocycles. The first kappa shape index (κ1) is 13.4. The third kappa shape index (κ3) is 4.64. The summed E-state index contributed by atoms with van der Waals surface area (Å²) < 4.78 is 10.8. The number of nitrogens with one attached hydrogen (secondary N) is 1. The molecule has 0 aliphatic heterocycles. The number of hydrogen-bond acceptors (Lipinski definition) is 3. The van der Waals surface area contributed by atoms with Crippen LogP contribution in [0.1, 0.15) is 6.42 Å². The molecular formula is C16H19NO2. The fourth-order valence-corrected chi connectivity index (χ4v) is 1.74. The van der Waals surface area contributed by atoms with E-state index >= 15 is 0 Å². The number of benzene rings is 2. The summed E-state index contributed by atoms with van der Waals surface area (Å²) in [5, 5.41) is 3.35. The molecule has 0 aromatic heterocycles. The van der Waals surface area contributed by atoms with Gasteiger partial charge in [-0.25, -0.2) is 0 Å². The van der Waals surface area contributed by atoms with Crippen LogP contribution in [0.5, 0.6) is 11.5 Å². The van der Waals surface area contributed by atoms with E-state index in [9.17, 15) is 0 Å². The van der Waals surface area contributed by atoms with Crippen molar-refractivity contribution >= 4 is 5.69 Å². The van der Waals surface area contributed by atoms with Crippen molar-refractivity contribution in [3.8, 4) is 11.5 Å². The van der Waals surface area contributed by atoms with E-state index < -0.39 is 0 Å². The van der Waals surface area contributed by atoms with Gasteiger partial charge in [-0.2, -0.15) is 0 Å². The van der Waals surface area contributed by atoms with Gasteiger partial charge in [0.05, 0.1) is 0 Å². The Labute approximate surface area is 114 Å². The molecule has 0 heterocycles. The lowest BCUT2D eigenvalue weighted by Crippen LogP contribution is -2.04. The minimum absolute atomic E-state index is 0.771. The largest absolute Gasteiger partial charge is 0.457 e. The van der Waals surface area contributed by atoms with Crippen LogP contribution in [0.2, 0.25) is 0 Å². The molecular weight excluding hydrogens is 238 g/mol. The second kappa shape index (κ2) is 7.44. The van der Waals surface area contributed by atoms with Crippen LogP contribution in [0.25, 0.3) is 0 Å². The van der Waals surface area contributed by atoms with E-state index in [1.807, 2.05) is 54.6 Å². The smallest absolute Gasteiger partial charge is 0.129 e. The number of ether oxygens (including phenoxy) is 2. The summed E-state index contributed by atoms with van der Waals surface area (Å²) >= 11 is 0. The normalized spacial score (nSPS) is 10.2. The molecule has 2 aromatic carbocycles.